The van der Waals surface area contributed by atoms with Gasteiger partial charge in [-0.15, -0.1) is 0 Å². The summed E-state index contributed by atoms with van der Waals surface area (Å²) in [6, 6.07) is 69.9. The third-order valence-electron chi connectivity index (χ3n) is 15.1. The standard InChI is InChI=1S/C63H44N4O/c1-62(2)48-25-11-8-19-41(48)56-40(22-14-27-50(56)62)39-32-34-53-47(36-39)46-35-38(37-17-6-5-7-18-37)31-33-52(46)67(53)61-65-59(44-23-15-28-51-57(44)42-20-9-12-26-49(42)63(51,3)4)64-60(66-61)45-24-16-30-55-58(45)43-21-10-13-29-54(43)68-55/h5-36H,1-4H3. The fraction of sp³-hybridized carbons (Fsp3) is 0.0952. The highest BCUT2D eigenvalue weighted by Crippen LogP contribution is 2.54. The minimum Gasteiger partial charge on any atom is -0.456 e. The van der Waals surface area contributed by atoms with E-state index in [4.69, 9.17) is 19.4 Å². The van der Waals surface area contributed by atoms with Crippen LogP contribution < -0.4 is 0 Å². The summed E-state index contributed by atoms with van der Waals surface area (Å²) in [5.74, 6) is 1.75. The number of benzene rings is 9. The molecule has 0 aliphatic heterocycles. The van der Waals surface area contributed by atoms with E-state index in [1.807, 2.05) is 24.3 Å². The Balaban J connectivity index is 1.06. The van der Waals surface area contributed by atoms with Crippen LogP contribution in [0.4, 0.5) is 0 Å². The predicted molar refractivity (Wildman–Crippen MR) is 278 cm³/mol. The monoisotopic (exact) mass is 872 g/mol. The molecule has 3 aromatic heterocycles. The molecule has 0 amide bonds. The highest BCUT2D eigenvalue weighted by molar-refractivity contribution is 6.13. The molecule has 0 spiro atoms. The van der Waals surface area contributed by atoms with E-state index in [1.165, 1.54) is 55.6 Å². The number of hydrogen-bond acceptors (Lipinski definition) is 4. The van der Waals surface area contributed by atoms with Gasteiger partial charge in [0, 0.05) is 43.5 Å². The molecule has 0 saturated heterocycles. The van der Waals surface area contributed by atoms with Gasteiger partial charge in [0.05, 0.1) is 11.0 Å². The maximum Gasteiger partial charge on any atom is 0.238 e. The molecular weight excluding hydrogens is 829 g/mol. The van der Waals surface area contributed by atoms with Crippen LogP contribution in [0, 0.1) is 0 Å². The van der Waals surface area contributed by atoms with Crippen molar-refractivity contribution in [3.05, 3.63) is 216 Å². The van der Waals surface area contributed by atoms with Gasteiger partial charge < -0.3 is 4.42 Å². The number of furan rings is 1. The highest BCUT2D eigenvalue weighted by Gasteiger charge is 2.38. The minimum atomic E-state index is -0.195. The van der Waals surface area contributed by atoms with Crippen LogP contribution in [0.25, 0.3) is 117 Å². The van der Waals surface area contributed by atoms with Gasteiger partial charge in [-0.25, -0.2) is 4.98 Å². The Bertz CT molecular complexity index is 4100. The van der Waals surface area contributed by atoms with Gasteiger partial charge >= 0.3 is 0 Å². The second-order valence-corrected chi connectivity index (χ2v) is 19.5. The van der Waals surface area contributed by atoms with Crippen LogP contribution in [0.3, 0.4) is 0 Å². The Morgan fingerprint density at radius 3 is 1.57 bits per heavy atom. The second-order valence-electron chi connectivity index (χ2n) is 19.5. The molecule has 14 rings (SSSR count). The Morgan fingerprint density at radius 2 is 0.868 bits per heavy atom. The largest absolute Gasteiger partial charge is 0.456 e. The molecule has 5 heteroatoms. The molecule has 0 atom stereocenters. The first kappa shape index (κ1) is 38.8. The first-order valence-corrected chi connectivity index (χ1v) is 23.5. The molecule has 3 heterocycles. The summed E-state index contributed by atoms with van der Waals surface area (Å²) in [6.07, 6.45) is 0. The molecule has 2 aliphatic carbocycles. The summed E-state index contributed by atoms with van der Waals surface area (Å²) in [5, 5.41) is 4.25. The molecule has 12 aromatic rings. The van der Waals surface area contributed by atoms with E-state index >= 15 is 0 Å². The third-order valence-corrected chi connectivity index (χ3v) is 15.1. The molecule has 5 nitrogen and oxygen atoms in total. The van der Waals surface area contributed by atoms with Crippen molar-refractivity contribution >= 4 is 43.7 Å². The molecule has 0 saturated carbocycles. The van der Waals surface area contributed by atoms with Gasteiger partial charge in [-0.05, 0) is 103 Å². The van der Waals surface area contributed by atoms with Gasteiger partial charge in [-0.2, -0.15) is 9.97 Å². The second kappa shape index (κ2) is 14.1. The van der Waals surface area contributed by atoms with Gasteiger partial charge in [0.1, 0.15) is 11.2 Å². The van der Waals surface area contributed by atoms with Crippen molar-refractivity contribution in [2.75, 3.05) is 0 Å². The Kier molecular flexibility index (Phi) is 8.02. The highest BCUT2D eigenvalue weighted by atomic mass is 16.3. The quantitative estimate of drug-likeness (QED) is 0.173. The summed E-state index contributed by atoms with van der Waals surface area (Å²) in [5.41, 5.74) is 20.2. The lowest BCUT2D eigenvalue weighted by atomic mass is 9.82. The van der Waals surface area contributed by atoms with E-state index in [0.29, 0.717) is 17.6 Å². The normalized spacial score (nSPS) is 14.1. The smallest absolute Gasteiger partial charge is 0.238 e. The Hall–Kier alpha value is -8.41. The van der Waals surface area contributed by atoms with Crippen molar-refractivity contribution in [3.8, 4) is 73.2 Å². The SMILES string of the molecule is CC1(C)c2ccccc2-c2c(-c3ccc4c(c3)c3cc(-c5ccccc5)ccc3n4-c3nc(-c4cccc5c4-c4ccccc4C5(C)C)nc(-c4cccc5oc6ccccc6c45)n3)cccc21. The summed E-state index contributed by atoms with van der Waals surface area (Å²) in [6.45, 7) is 9.32. The van der Waals surface area contributed by atoms with Gasteiger partial charge in [-0.1, -0.05) is 185 Å². The number of nitrogens with zero attached hydrogens (tertiary/aromatic N) is 4. The molecule has 0 fully saturated rings. The van der Waals surface area contributed by atoms with Crippen LogP contribution in [-0.4, -0.2) is 19.5 Å². The lowest BCUT2D eigenvalue weighted by Gasteiger charge is -2.21. The number of aromatic nitrogens is 4. The van der Waals surface area contributed by atoms with Crippen LogP contribution in [0.15, 0.2) is 199 Å². The van der Waals surface area contributed by atoms with E-state index in [2.05, 4.69) is 202 Å². The van der Waals surface area contributed by atoms with Gasteiger partial charge in [0.25, 0.3) is 0 Å². The summed E-state index contributed by atoms with van der Waals surface area (Å²) in [4.78, 5) is 16.6. The molecule has 0 bridgehead atoms. The summed E-state index contributed by atoms with van der Waals surface area (Å²) >= 11 is 0. The van der Waals surface area contributed by atoms with Gasteiger partial charge in [0.15, 0.2) is 11.6 Å². The van der Waals surface area contributed by atoms with Crippen LogP contribution in [-0.2, 0) is 10.8 Å². The molecule has 2 aliphatic rings. The molecule has 68 heavy (non-hydrogen) atoms. The molecule has 0 unspecified atom stereocenters. The van der Waals surface area contributed by atoms with Crippen molar-refractivity contribution in [1.29, 1.82) is 0 Å². The van der Waals surface area contributed by atoms with Crippen molar-refractivity contribution in [1.82, 2.24) is 19.5 Å². The molecule has 0 radical (unpaired) electrons. The van der Waals surface area contributed by atoms with E-state index < -0.39 is 0 Å². The van der Waals surface area contributed by atoms with E-state index in [0.717, 1.165) is 66.0 Å². The molecular formula is C63H44N4O. The molecule has 0 N–H and O–H groups in total. The van der Waals surface area contributed by atoms with Crippen LogP contribution in [0.5, 0.6) is 0 Å². The first-order valence-electron chi connectivity index (χ1n) is 23.5. The van der Waals surface area contributed by atoms with Crippen molar-refractivity contribution < 1.29 is 4.42 Å². The van der Waals surface area contributed by atoms with Crippen LogP contribution in [0.1, 0.15) is 49.9 Å². The maximum absolute atomic E-state index is 6.45. The van der Waals surface area contributed by atoms with Crippen LogP contribution in [0.2, 0.25) is 0 Å². The zero-order valence-corrected chi connectivity index (χ0v) is 38.2. The number of para-hydroxylation sites is 1. The van der Waals surface area contributed by atoms with Crippen LogP contribution >= 0.6 is 0 Å². The average Bonchev–Trinajstić information content (AvgIpc) is 4.07. The van der Waals surface area contributed by atoms with E-state index in [9.17, 15) is 0 Å². The van der Waals surface area contributed by atoms with Crippen molar-refractivity contribution in [2.24, 2.45) is 0 Å². The van der Waals surface area contributed by atoms with E-state index in [1.54, 1.807) is 0 Å². The van der Waals surface area contributed by atoms with E-state index in [-0.39, 0.29) is 10.8 Å². The Morgan fingerprint density at radius 1 is 0.368 bits per heavy atom. The molecule has 9 aromatic carbocycles. The number of rotatable bonds is 5. The number of fused-ring (bicyclic) bond motifs is 12. The predicted octanol–water partition coefficient (Wildman–Crippen LogP) is 16.1. The van der Waals surface area contributed by atoms with Crippen molar-refractivity contribution in [2.45, 2.75) is 38.5 Å². The van der Waals surface area contributed by atoms with Gasteiger partial charge in [0.2, 0.25) is 5.95 Å². The Labute approximate surface area is 394 Å². The fourth-order valence-electron chi connectivity index (χ4n) is 11.8. The minimum absolute atomic E-state index is 0.107. The summed E-state index contributed by atoms with van der Waals surface area (Å²) in [7, 11) is 0. The third kappa shape index (κ3) is 5.41. The zero-order chi connectivity index (χ0) is 45.5. The first-order chi connectivity index (χ1) is 33.2. The molecule has 322 valence electrons. The topological polar surface area (TPSA) is 56.7 Å². The lowest BCUT2D eigenvalue weighted by Crippen LogP contribution is -2.14. The fourth-order valence-corrected chi connectivity index (χ4v) is 11.8. The van der Waals surface area contributed by atoms with Gasteiger partial charge in [-0.3, -0.25) is 4.57 Å². The average molecular weight is 873 g/mol. The lowest BCUT2D eigenvalue weighted by molar-refractivity contribution is 0.660. The van der Waals surface area contributed by atoms with Crippen molar-refractivity contribution in [3.63, 3.8) is 0 Å². The summed E-state index contributed by atoms with van der Waals surface area (Å²) < 4.78 is 8.70. The maximum atomic E-state index is 6.45. The zero-order valence-electron chi connectivity index (χ0n) is 38.2. The number of hydrogen-bond donors (Lipinski definition) is 0.